The third-order valence-corrected chi connectivity index (χ3v) is 7.07. The molecule has 4 nitrogen and oxygen atoms in total. The summed E-state index contributed by atoms with van der Waals surface area (Å²) in [6.45, 7) is 0.560. The van der Waals surface area contributed by atoms with E-state index in [0.29, 0.717) is 29.5 Å². The first-order valence-electron chi connectivity index (χ1n) is 9.88. The van der Waals surface area contributed by atoms with Crippen molar-refractivity contribution in [1.82, 2.24) is 4.90 Å². The first-order chi connectivity index (χ1) is 13.7. The molecule has 1 fully saturated rings. The summed E-state index contributed by atoms with van der Waals surface area (Å²) in [6.07, 6.45) is 4.50. The van der Waals surface area contributed by atoms with E-state index in [0.717, 1.165) is 37.2 Å². The molecule has 1 saturated carbocycles. The number of imide groups is 1. The minimum absolute atomic E-state index is 0.127. The predicted octanol–water partition coefficient (Wildman–Crippen LogP) is 4.89. The normalized spacial score (nSPS) is 21.7. The second-order valence-electron chi connectivity index (χ2n) is 7.64. The van der Waals surface area contributed by atoms with E-state index in [4.69, 9.17) is 4.74 Å². The van der Waals surface area contributed by atoms with Crippen molar-refractivity contribution in [2.75, 3.05) is 19.4 Å². The maximum absolute atomic E-state index is 12.5. The molecule has 1 aliphatic heterocycles. The summed E-state index contributed by atoms with van der Waals surface area (Å²) < 4.78 is 5.20. The van der Waals surface area contributed by atoms with Crippen molar-refractivity contribution in [2.45, 2.75) is 30.6 Å². The largest absolute Gasteiger partial charge is 0.497 e. The van der Waals surface area contributed by atoms with Gasteiger partial charge in [-0.3, -0.25) is 14.5 Å². The molecule has 28 heavy (non-hydrogen) atoms. The van der Waals surface area contributed by atoms with Crippen molar-refractivity contribution >= 4 is 23.6 Å². The lowest BCUT2D eigenvalue weighted by Crippen LogP contribution is -2.36. The van der Waals surface area contributed by atoms with E-state index in [1.807, 2.05) is 36.0 Å². The van der Waals surface area contributed by atoms with Gasteiger partial charge in [-0.15, -0.1) is 11.8 Å². The van der Waals surface area contributed by atoms with Gasteiger partial charge in [-0.25, -0.2) is 0 Å². The van der Waals surface area contributed by atoms with Crippen LogP contribution < -0.4 is 4.74 Å². The molecule has 0 spiro atoms. The Labute approximate surface area is 170 Å². The van der Waals surface area contributed by atoms with Crippen LogP contribution in [0, 0.1) is 11.8 Å². The molecule has 146 valence electrons. The first-order valence-corrected chi connectivity index (χ1v) is 10.9. The molecule has 2 aromatic rings. The topological polar surface area (TPSA) is 46.6 Å². The number of carbonyl (C=O) groups excluding carboxylic acids is 2. The van der Waals surface area contributed by atoms with Gasteiger partial charge in [0, 0.05) is 17.2 Å². The standard InChI is InChI=1S/C23H25NO3S/c1-27-18-10-12-19(13-11-18)28-15-17-8-6-16(7-9-17)14-24-22(25)20-4-2-3-5-21(20)23(24)26/h2-5,10-13,16-17H,6-9,14-15H2,1H3. The molecule has 5 heteroatoms. The molecule has 4 rings (SSSR count). The van der Waals surface area contributed by atoms with Gasteiger partial charge < -0.3 is 4.74 Å². The highest BCUT2D eigenvalue weighted by Gasteiger charge is 2.36. The highest BCUT2D eigenvalue weighted by atomic mass is 32.2. The number of amides is 2. The van der Waals surface area contributed by atoms with E-state index >= 15 is 0 Å². The molecular weight excluding hydrogens is 370 g/mol. The minimum atomic E-state index is -0.127. The summed E-state index contributed by atoms with van der Waals surface area (Å²) in [5, 5.41) is 0. The van der Waals surface area contributed by atoms with Gasteiger partial charge in [-0.1, -0.05) is 12.1 Å². The molecule has 1 heterocycles. The number of carbonyl (C=O) groups is 2. The van der Waals surface area contributed by atoms with Gasteiger partial charge >= 0.3 is 0 Å². The number of methoxy groups -OCH3 is 1. The molecule has 2 aromatic carbocycles. The smallest absolute Gasteiger partial charge is 0.261 e. The number of thioether (sulfide) groups is 1. The van der Waals surface area contributed by atoms with Gasteiger partial charge in [0.05, 0.1) is 18.2 Å². The van der Waals surface area contributed by atoms with E-state index in [1.54, 1.807) is 19.2 Å². The van der Waals surface area contributed by atoms with Crippen LogP contribution in [0.3, 0.4) is 0 Å². The molecule has 1 aliphatic carbocycles. The third-order valence-electron chi connectivity index (χ3n) is 5.83. The summed E-state index contributed by atoms with van der Waals surface area (Å²) >= 11 is 1.90. The Kier molecular flexibility index (Phi) is 5.72. The molecule has 0 aromatic heterocycles. The summed E-state index contributed by atoms with van der Waals surface area (Å²) in [5.41, 5.74) is 1.11. The van der Waals surface area contributed by atoms with E-state index in [-0.39, 0.29) is 11.8 Å². The van der Waals surface area contributed by atoms with Gasteiger partial charge in [0.25, 0.3) is 11.8 Å². The Hall–Kier alpha value is -2.27. The van der Waals surface area contributed by atoms with Crippen LogP contribution in [0.5, 0.6) is 5.75 Å². The number of hydrogen-bond acceptors (Lipinski definition) is 4. The van der Waals surface area contributed by atoms with Crippen molar-refractivity contribution in [2.24, 2.45) is 11.8 Å². The van der Waals surface area contributed by atoms with Crippen LogP contribution in [0.1, 0.15) is 46.4 Å². The molecule has 0 saturated heterocycles. The molecule has 0 atom stereocenters. The maximum atomic E-state index is 12.5. The summed E-state index contributed by atoms with van der Waals surface area (Å²) in [7, 11) is 1.68. The maximum Gasteiger partial charge on any atom is 0.261 e. The second-order valence-corrected chi connectivity index (χ2v) is 8.73. The molecule has 2 aliphatic rings. The van der Waals surface area contributed by atoms with Gasteiger partial charge in [0.2, 0.25) is 0 Å². The average Bonchev–Trinajstić information content (AvgIpc) is 2.99. The predicted molar refractivity (Wildman–Crippen MR) is 111 cm³/mol. The Balaban J connectivity index is 1.25. The molecule has 0 unspecified atom stereocenters. The van der Waals surface area contributed by atoms with E-state index in [2.05, 4.69) is 12.1 Å². The van der Waals surface area contributed by atoms with E-state index in [1.165, 1.54) is 9.80 Å². The Bertz CT molecular complexity index is 821. The number of benzene rings is 2. The molecular formula is C23H25NO3S. The lowest BCUT2D eigenvalue weighted by atomic mass is 9.82. The van der Waals surface area contributed by atoms with E-state index in [9.17, 15) is 9.59 Å². The Morgan fingerprint density at radius 3 is 2.04 bits per heavy atom. The van der Waals surface area contributed by atoms with Crippen molar-refractivity contribution in [3.05, 3.63) is 59.7 Å². The van der Waals surface area contributed by atoms with Crippen LogP contribution in [-0.2, 0) is 0 Å². The van der Waals surface area contributed by atoms with Crippen LogP contribution >= 0.6 is 11.8 Å². The summed E-state index contributed by atoms with van der Waals surface area (Å²) in [4.78, 5) is 27.8. The van der Waals surface area contributed by atoms with Crippen LogP contribution in [0.4, 0.5) is 0 Å². The Morgan fingerprint density at radius 2 is 1.46 bits per heavy atom. The summed E-state index contributed by atoms with van der Waals surface area (Å²) in [5.74, 6) is 2.87. The number of fused-ring (bicyclic) bond motifs is 1. The molecule has 0 N–H and O–H groups in total. The first kappa shape index (κ1) is 19.1. The zero-order chi connectivity index (χ0) is 19.5. The van der Waals surface area contributed by atoms with Crippen molar-refractivity contribution in [3.63, 3.8) is 0 Å². The number of rotatable bonds is 6. The SMILES string of the molecule is COc1ccc(SCC2CCC(CN3C(=O)c4ccccc4C3=O)CC2)cc1. The minimum Gasteiger partial charge on any atom is -0.497 e. The Morgan fingerprint density at radius 1 is 0.893 bits per heavy atom. The summed E-state index contributed by atoms with van der Waals surface area (Å²) in [6, 6.07) is 15.4. The fourth-order valence-corrected chi connectivity index (χ4v) is 5.22. The third kappa shape index (κ3) is 3.95. The van der Waals surface area contributed by atoms with Crippen molar-refractivity contribution < 1.29 is 14.3 Å². The number of ether oxygens (including phenoxy) is 1. The second kappa shape index (κ2) is 8.39. The van der Waals surface area contributed by atoms with Crippen LogP contribution in [0.25, 0.3) is 0 Å². The zero-order valence-corrected chi connectivity index (χ0v) is 16.9. The number of hydrogen-bond donors (Lipinski definition) is 0. The lowest BCUT2D eigenvalue weighted by molar-refractivity contribution is 0.0612. The fourth-order valence-electron chi connectivity index (χ4n) is 4.13. The number of nitrogens with zero attached hydrogens (tertiary/aromatic N) is 1. The van der Waals surface area contributed by atoms with Gasteiger partial charge in [0.15, 0.2) is 0 Å². The van der Waals surface area contributed by atoms with Crippen LogP contribution in [0.2, 0.25) is 0 Å². The van der Waals surface area contributed by atoms with Gasteiger partial charge in [0.1, 0.15) is 5.75 Å². The van der Waals surface area contributed by atoms with Crippen molar-refractivity contribution in [1.29, 1.82) is 0 Å². The van der Waals surface area contributed by atoms with Crippen LogP contribution in [-0.4, -0.2) is 36.1 Å². The van der Waals surface area contributed by atoms with E-state index < -0.39 is 0 Å². The molecule has 2 amide bonds. The van der Waals surface area contributed by atoms with Gasteiger partial charge in [-0.05, 0) is 73.9 Å². The quantitative estimate of drug-likeness (QED) is 0.516. The zero-order valence-electron chi connectivity index (χ0n) is 16.1. The average molecular weight is 396 g/mol. The van der Waals surface area contributed by atoms with Crippen molar-refractivity contribution in [3.8, 4) is 5.75 Å². The van der Waals surface area contributed by atoms with Gasteiger partial charge in [-0.2, -0.15) is 0 Å². The fraction of sp³-hybridized carbons (Fsp3) is 0.391. The molecule has 0 bridgehead atoms. The highest BCUT2D eigenvalue weighted by molar-refractivity contribution is 7.99. The molecule has 0 radical (unpaired) electrons. The lowest BCUT2D eigenvalue weighted by Gasteiger charge is -2.30. The highest BCUT2D eigenvalue weighted by Crippen LogP contribution is 2.35. The monoisotopic (exact) mass is 395 g/mol. The van der Waals surface area contributed by atoms with Crippen LogP contribution in [0.15, 0.2) is 53.4 Å².